The highest BCUT2D eigenvalue weighted by molar-refractivity contribution is 5.85. The normalized spacial score (nSPS) is 36.9. The van der Waals surface area contributed by atoms with Crippen LogP contribution in [-0.4, -0.2) is 25.2 Å². The van der Waals surface area contributed by atoms with Gasteiger partial charge in [-0.1, -0.05) is 13.8 Å². The molecule has 1 heterocycles. The molecule has 1 aliphatic carbocycles. The number of hydrogen-bond acceptors (Lipinski definition) is 3. The van der Waals surface area contributed by atoms with Crippen LogP contribution in [0, 0.1) is 17.3 Å². The van der Waals surface area contributed by atoms with E-state index in [1.807, 2.05) is 6.92 Å². The number of rotatable bonds is 2. The largest absolute Gasteiger partial charge is 0.465 e. The summed E-state index contributed by atoms with van der Waals surface area (Å²) in [6, 6.07) is -0.0417. The van der Waals surface area contributed by atoms with Gasteiger partial charge in [-0.3, -0.25) is 4.79 Å². The van der Waals surface area contributed by atoms with Crippen molar-refractivity contribution in [2.75, 3.05) is 13.2 Å². The van der Waals surface area contributed by atoms with Gasteiger partial charge in [-0.2, -0.15) is 0 Å². The van der Waals surface area contributed by atoms with Crippen LogP contribution in [0.2, 0.25) is 0 Å². The van der Waals surface area contributed by atoms with Crippen molar-refractivity contribution < 1.29 is 9.53 Å². The molecule has 2 rings (SSSR count). The van der Waals surface area contributed by atoms with E-state index in [1.54, 1.807) is 0 Å². The molecule has 3 atom stereocenters. The Balaban J connectivity index is 0.000000980. The van der Waals surface area contributed by atoms with E-state index in [0.717, 1.165) is 6.54 Å². The minimum Gasteiger partial charge on any atom is -0.465 e. The zero-order valence-electron chi connectivity index (χ0n) is 8.87. The summed E-state index contributed by atoms with van der Waals surface area (Å²) in [5, 5.41) is 3.22. The zero-order valence-corrected chi connectivity index (χ0v) is 9.69. The summed E-state index contributed by atoms with van der Waals surface area (Å²) < 4.78 is 5.01. The lowest BCUT2D eigenvalue weighted by Crippen LogP contribution is -2.38. The number of carbonyl (C=O) groups is 1. The molecular weight excluding hydrogens is 202 g/mol. The summed E-state index contributed by atoms with van der Waals surface area (Å²) >= 11 is 0. The molecule has 0 aromatic heterocycles. The molecule has 4 heteroatoms. The Labute approximate surface area is 91.0 Å². The third-order valence-electron chi connectivity index (χ3n) is 3.60. The Morgan fingerprint density at radius 3 is 2.64 bits per heavy atom. The quantitative estimate of drug-likeness (QED) is 0.710. The SMILES string of the molecule is CCOC(=O)[C@H]1NC[C@H]2[C@@H]1C2(C)C.Cl. The highest BCUT2D eigenvalue weighted by Crippen LogP contribution is 2.62. The van der Waals surface area contributed by atoms with Gasteiger partial charge in [0.15, 0.2) is 0 Å². The maximum atomic E-state index is 11.5. The summed E-state index contributed by atoms with van der Waals surface area (Å²) in [5.74, 6) is 1.12. The molecule has 2 fully saturated rings. The van der Waals surface area contributed by atoms with Crippen LogP contribution < -0.4 is 5.32 Å². The molecular formula is C10H18ClNO2. The van der Waals surface area contributed by atoms with E-state index in [1.165, 1.54) is 0 Å². The Hall–Kier alpha value is -0.280. The van der Waals surface area contributed by atoms with Crippen LogP contribution >= 0.6 is 12.4 Å². The summed E-state index contributed by atoms with van der Waals surface area (Å²) in [4.78, 5) is 11.5. The van der Waals surface area contributed by atoms with Gasteiger partial charge in [0.1, 0.15) is 6.04 Å². The van der Waals surface area contributed by atoms with Crippen LogP contribution in [0.1, 0.15) is 20.8 Å². The van der Waals surface area contributed by atoms with Gasteiger partial charge in [-0.15, -0.1) is 12.4 Å². The highest BCUT2D eigenvalue weighted by atomic mass is 35.5. The lowest BCUT2D eigenvalue weighted by atomic mass is 10.0. The van der Waals surface area contributed by atoms with Crippen LogP contribution in [0.25, 0.3) is 0 Å². The average Bonchev–Trinajstić information content (AvgIpc) is 2.51. The molecule has 0 spiro atoms. The summed E-state index contributed by atoms with van der Waals surface area (Å²) in [7, 11) is 0. The van der Waals surface area contributed by atoms with Crippen molar-refractivity contribution in [1.82, 2.24) is 5.32 Å². The monoisotopic (exact) mass is 219 g/mol. The van der Waals surface area contributed by atoms with E-state index >= 15 is 0 Å². The highest BCUT2D eigenvalue weighted by Gasteiger charge is 2.66. The molecule has 1 saturated carbocycles. The molecule has 0 aromatic carbocycles. The van der Waals surface area contributed by atoms with Gasteiger partial charge in [0.25, 0.3) is 0 Å². The standard InChI is InChI=1S/C10H17NO2.ClH/c1-4-13-9(12)8-7-6(5-11-8)10(7,2)3;/h6-8,11H,4-5H2,1-3H3;1H/t6-,7-,8-;/m0./s1. The average molecular weight is 220 g/mol. The van der Waals surface area contributed by atoms with Gasteiger partial charge in [-0.05, 0) is 30.7 Å². The van der Waals surface area contributed by atoms with Crippen LogP contribution in [-0.2, 0) is 9.53 Å². The smallest absolute Gasteiger partial charge is 0.323 e. The first-order valence-electron chi connectivity index (χ1n) is 4.99. The van der Waals surface area contributed by atoms with Crippen molar-refractivity contribution in [3.63, 3.8) is 0 Å². The molecule has 1 aliphatic heterocycles. The van der Waals surface area contributed by atoms with E-state index in [4.69, 9.17) is 4.74 Å². The predicted molar refractivity (Wildman–Crippen MR) is 56.4 cm³/mol. The topological polar surface area (TPSA) is 38.3 Å². The second kappa shape index (κ2) is 3.70. The Morgan fingerprint density at radius 2 is 2.21 bits per heavy atom. The van der Waals surface area contributed by atoms with Crippen molar-refractivity contribution in [3.8, 4) is 0 Å². The minimum absolute atomic E-state index is 0. The fourth-order valence-corrected chi connectivity index (χ4v) is 2.68. The number of nitrogens with one attached hydrogen (secondary N) is 1. The van der Waals surface area contributed by atoms with E-state index in [9.17, 15) is 4.79 Å². The number of hydrogen-bond donors (Lipinski definition) is 1. The van der Waals surface area contributed by atoms with Crippen molar-refractivity contribution in [2.24, 2.45) is 17.3 Å². The number of esters is 1. The van der Waals surface area contributed by atoms with Crippen LogP contribution in [0.4, 0.5) is 0 Å². The van der Waals surface area contributed by atoms with E-state index in [2.05, 4.69) is 19.2 Å². The van der Waals surface area contributed by atoms with Gasteiger partial charge in [0.05, 0.1) is 6.61 Å². The molecule has 0 unspecified atom stereocenters. The van der Waals surface area contributed by atoms with Crippen molar-refractivity contribution in [1.29, 1.82) is 0 Å². The molecule has 0 radical (unpaired) electrons. The third kappa shape index (κ3) is 1.52. The second-order valence-corrected chi connectivity index (χ2v) is 4.59. The first-order chi connectivity index (χ1) is 6.09. The second-order valence-electron chi connectivity index (χ2n) is 4.59. The number of halogens is 1. The molecule has 0 amide bonds. The fraction of sp³-hybridized carbons (Fsp3) is 0.900. The fourth-order valence-electron chi connectivity index (χ4n) is 2.68. The van der Waals surface area contributed by atoms with E-state index in [0.29, 0.717) is 23.9 Å². The van der Waals surface area contributed by atoms with Crippen molar-refractivity contribution in [2.45, 2.75) is 26.8 Å². The molecule has 3 nitrogen and oxygen atoms in total. The molecule has 1 saturated heterocycles. The summed E-state index contributed by atoms with van der Waals surface area (Å²) in [6.45, 7) is 7.77. The number of ether oxygens (including phenoxy) is 1. The number of carbonyl (C=O) groups excluding carboxylic acids is 1. The maximum Gasteiger partial charge on any atom is 0.323 e. The van der Waals surface area contributed by atoms with Gasteiger partial charge < -0.3 is 10.1 Å². The number of piperidine rings is 1. The van der Waals surface area contributed by atoms with Crippen molar-refractivity contribution in [3.05, 3.63) is 0 Å². The Kier molecular flexibility index (Phi) is 3.12. The first-order valence-corrected chi connectivity index (χ1v) is 4.99. The van der Waals surface area contributed by atoms with E-state index in [-0.39, 0.29) is 24.4 Å². The molecule has 1 N–H and O–H groups in total. The third-order valence-corrected chi connectivity index (χ3v) is 3.60. The van der Waals surface area contributed by atoms with Crippen molar-refractivity contribution >= 4 is 18.4 Å². The summed E-state index contributed by atoms with van der Waals surface area (Å²) in [6.07, 6.45) is 0. The molecule has 0 aromatic rings. The summed E-state index contributed by atoms with van der Waals surface area (Å²) in [5.41, 5.74) is 0.350. The van der Waals surface area contributed by atoms with Gasteiger partial charge >= 0.3 is 5.97 Å². The predicted octanol–water partition coefficient (Wildman–Crippen LogP) is 1.22. The Morgan fingerprint density at radius 1 is 1.57 bits per heavy atom. The maximum absolute atomic E-state index is 11.5. The molecule has 82 valence electrons. The Bertz CT molecular complexity index is 242. The van der Waals surface area contributed by atoms with Gasteiger partial charge in [-0.25, -0.2) is 0 Å². The van der Waals surface area contributed by atoms with Crippen LogP contribution in [0.3, 0.4) is 0 Å². The molecule has 14 heavy (non-hydrogen) atoms. The lowest BCUT2D eigenvalue weighted by Gasteiger charge is -2.16. The minimum atomic E-state index is -0.0689. The van der Waals surface area contributed by atoms with Crippen LogP contribution in [0.5, 0.6) is 0 Å². The van der Waals surface area contributed by atoms with Gasteiger partial charge in [0.2, 0.25) is 0 Å². The number of fused-ring (bicyclic) bond motifs is 1. The van der Waals surface area contributed by atoms with Gasteiger partial charge in [0, 0.05) is 0 Å². The molecule has 0 bridgehead atoms. The van der Waals surface area contributed by atoms with E-state index < -0.39 is 0 Å². The first kappa shape index (κ1) is 11.8. The zero-order chi connectivity index (χ0) is 9.64. The lowest BCUT2D eigenvalue weighted by molar-refractivity contribution is -0.146. The van der Waals surface area contributed by atoms with Crippen LogP contribution in [0.15, 0.2) is 0 Å². The molecule has 2 aliphatic rings.